The Balaban J connectivity index is 2.04. The summed E-state index contributed by atoms with van der Waals surface area (Å²) in [7, 11) is 1.41. The minimum absolute atomic E-state index is 0.00537. The molecule has 0 radical (unpaired) electrons. The Morgan fingerprint density at radius 3 is 2.68 bits per heavy atom. The van der Waals surface area contributed by atoms with E-state index in [0.717, 1.165) is 0 Å². The molecule has 2 rings (SSSR count). The van der Waals surface area contributed by atoms with Crippen LogP contribution in [0.3, 0.4) is 0 Å². The second kappa shape index (κ2) is 5.17. The van der Waals surface area contributed by atoms with E-state index in [4.69, 9.17) is 9.84 Å². The van der Waals surface area contributed by atoms with E-state index >= 15 is 0 Å². The number of phenols is 1. The minimum Gasteiger partial charge on any atom is -0.504 e. The first-order valence-electron chi connectivity index (χ1n) is 5.90. The number of rotatable bonds is 4. The molecule has 1 amide bonds. The van der Waals surface area contributed by atoms with Crippen molar-refractivity contribution in [2.75, 3.05) is 20.2 Å². The first-order valence-corrected chi connectivity index (χ1v) is 5.90. The molecule has 6 nitrogen and oxygen atoms in total. The SMILES string of the molecule is COc1cccc(C(=O)N2CC(CC(=O)O)C2)c1O. The number of aromatic hydroxyl groups is 1. The number of aliphatic carboxylic acids is 1. The topological polar surface area (TPSA) is 87.1 Å². The van der Waals surface area contributed by atoms with Crippen molar-refractivity contribution in [1.29, 1.82) is 0 Å². The van der Waals surface area contributed by atoms with E-state index in [2.05, 4.69) is 0 Å². The Labute approximate surface area is 110 Å². The molecule has 0 saturated carbocycles. The van der Waals surface area contributed by atoms with Gasteiger partial charge in [0.15, 0.2) is 11.5 Å². The van der Waals surface area contributed by atoms with Crippen LogP contribution in [0.2, 0.25) is 0 Å². The molecule has 0 spiro atoms. The Morgan fingerprint density at radius 1 is 1.42 bits per heavy atom. The van der Waals surface area contributed by atoms with Gasteiger partial charge in [0.05, 0.1) is 19.1 Å². The summed E-state index contributed by atoms with van der Waals surface area (Å²) < 4.78 is 4.94. The molecular weight excluding hydrogens is 250 g/mol. The maximum absolute atomic E-state index is 12.1. The standard InChI is InChI=1S/C13H15NO5/c1-19-10-4-2-3-9(12(10)17)13(18)14-6-8(7-14)5-11(15)16/h2-4,8,17H,5-7H2,1H3,(H,15,16). The van der Waals surface area contributed by atoms with Gasteiger partial charge in [-0.3, -0.25) is 9.59 Å². The lowest BCUT2D eigenvalue weighted by Gasteiger charge is -2.38. The van der Waals surface area contributed by atoms with Crippen LogP contribution >= 0.6 is 0 Å². The first-order chi connectivity index (χ1) is 9.02. The van der Waals surface area contributed by atoms with Crippen LogP contribution in [0.15, 0.2) is 18.2 Å². The van der Waals surface area contributed by atoms with Crippen molar-refractivity contribution in [2.24, 2.45) is 5.92 Å². The maximum atomic E-state index is 12.1. The van der Waals surface area contributed by atoms with Gasteiger partial charge in [-0.1, -0.05) is 6.07 Å². The number of benzene rings is 1. The number of carboxylic acids is 1. The van der Waals surface area contributed by atoms with Crippen LogP contribution < -0.4 is 4.74 Å². The first kappa shape index (κ1) is 13.2. The molecule has 1 aliphatic rings. The molecule has 1 saturated heterocycles. The summed E-state index contributed by atoms with van der Waals surface area (Å²) >= 11 is 0. The second-order valence-corrected chi connectivity index (χ2v) is 4.53. The fourth-order valence-corrected chi connectivity index (χ4v) is 2.14. The van der Waals surface area contributed by atoms with E-state index in [-0.39, 0.29) is 35.3 Å². The summed E-state index contributed by atoms with van der Waals surface area (Å²) in [6.45, 7) is 0.809. The van der Waals surface area contributed by atoms with Crippen LogP contribution in [-0.2, 0) is 4.79 Å². The lowest BCUT2D eigenvalue weighted by Crippen LogP contribution is -2.50. The fourth-order valence-electron chi connectivity index (χ4n) is 2.14. The predicted octanol–water partition coefficient (Wildman–Crippen LogP) is 0.947. The van der Waals surface area contributed by atoms with Gasteiger partial charge in [0.25, 0.3) is 5.91 Å². The van der Waals surface area contributed by atoms with E-state index < -0.39 is 5.97 Å². The zero-order valence-corrected chi connectivity index (χ0v) is 10.5. The number of hydrogen-bond acceptors (Lipinski definition) is 4. The van der Waals surface area contributed by atoms with Crippen molar-refractivity contribution in [1.82, 2.24) is 4.90 Å². The van der Waals surface area contributed by atoms with Crippen molar-refractivity contribution in [2.45, 2.75) is 6.42 Å². The molecule has 1 fully saturated rings. The number of carbonyl (C=O) groups is 2. The molecule has 1 aromatic carbocycles. The van der Waals surface area contributed by atoms with Gasteiger partial charge in [-0.05, 0) is 12.1 Å². The van der Waals surface area contributed by atoms with Crippen molar-refractivity contribution >= 4 is 11.9 Å². The molecule has 1 heterocycles. The largest absolute Gasteiger partial charge is 0.504 e. The van der Waals surface area contributed by atoms with E-state index in [0.29, 0.717) is 13.1 Å². The number of carbonyl (C=O) groups excluding carboxylic acids is 1. The lowest BCUT2D eigenvalue weighted by molar-refractivity contribution is -0.139. The highest BCUT2D eigenvalue weighted by atomic mass is 16.5. The number of carboxylic acid groups (broad SMARTS) is 1. The molecule has 1 aromatic rings. The van der Waals surface area contributed by atoms with Gasteiger partial charge in [-0.15, -0.1) is 0 Å². The summed E-state index contributed by atoms with van der Waals surface area (Å²) in [4.78, 5) is 24.2. The Morgan fingerprint density at radius 2 is 2.11 bits per heavy atom. The van der Waals surface area contributed by atoms with E-state index in [9.17, 15) is 14.7 Å². The Bertz CT molecular complexity index is 508. The zero-order valence-electron chi connectivity index (χ0n) is 10.5. The van der Waals surface area contributed by atoms with Gasteiger partial charge in [0.2, 0.25) is 0 Å². The lowest BCUT2D eigenvalue weighted by atomic mass is 9.95. The van der Waals surface area contributed by atoms with Crippen LogP contribution in [-0.4, -0.2) is 47.2 Å². The van der Waals surface area contributed by atoms with Gasteiger partial charge < -0.3 is 19.8 Å². The average Bonchev–Trinajstić information content (AvgIpc) is 2.32. The predicted molar refractivity (Wildman–Crippen MR) is 66.3 cm³/mol. The summed E-state index contributed by atoms with van der Waals surface area (Å²) in [5, 5.41) is 18.5. The highest BCUT2D eigenvalue weighted by Gasteiger charge is 2.33. The van der Waals surface area contributed by atoms with Crippen molar-refractivity contribution in [3.8, 4) is 11.5 Å². The maximum Gasteiger partial charge on any atom is 0.303 e. The second-order valence-electron chi connectivity index (χ2n) is 4.53. The molecule has 0 aliphatic carbocycles. The number of phenolic OH excluding ortho intramolecular Hbond substituents is 1. The van der Waals surface area contributed by atoms with Crippen LogP contribution in [0, 0.1) is 5.92 Å². The molecule has 0 bridgehead atoms. The monoisotopic (exact) mass is 265 g/mol. The third-order valence-electron chi connectivity index (χ3n) is 3.16. The molecule has 19 heavy (non-hydrogen) atoms. The number of ether oxygens (including phenoxy) is 1. The Hall–Kier alpha value is -2.24. The third kappa shape index (κ3) is 2.62. The van der Waals surface area contributed by atoms with E-state index in [1.165, 1.54) is 18.1 Å². The molecule has 6 heteroatoms. The van der Waals surface area contributed by atoms with Gasteiger partial charge in [-0.25, -0.2) is 0 Å². The minimum atomic E-state index is -0.860. The number of nitrogens with zero attached hydrogens (tertiary/aromatic N) is 1. The van der Waals surface area contributed by atoms with Crippen LogP contribution in [0.4, 0.5) is 0 Å². The number of likely N-dealkylation sites (tertiary alicyclic amines) is 1. The van der Waals surface area contributed by atoms with Crippen molar-refractivity contribution < 1.29 is 24.5 Å². The molecular formula is C13H15NO5. The Kier molecular flexibility index (Phi) is 3.59. The fraction of sp³-hybridized carbons (Fsp3) is 0.385. The smallest absolute Gasteiger partial charge is 0.303 e. The van der Waals surface area contributed by atoms with Crippen molar-refractivity contribution in [3.05, 3.63) is 23.8 Å². The third-order valence-corrected chi connectivity index (χ3v) is 3.16. The van der Waals surface area contributed by atoms with Crippen LogP contribution in [0.25, 0.3) is 0 Å². The van der Waals surface area contributed by atoms with Gasteiger partial charge in [-0.2, -0.15) is 0 Å². The summed E-state index contributed by atoms with van der Waals surface area (Å²) in [5.41, 5.74) is 0.174. The highest BCUT2D eigenvalue weighted by molar-refractivity contribution is 5.98. The van der Waals surface area contributed by atoms with Gasteiger partial charge >= 0.3 is 5.97 Å². The number of hydrogen-bond donors (Lipinski definition) is 2. The average molecular weight is 265 g/mol. The van der Waals surface area contributed by atoms with E-state index in [1.807, 2.05) is 0 Å². The highest BCUT2D eigenvalue weighted by Crippen LogP contribution is 2.32. The molecule has 1 aliphatic heterocycles. The van der Waals surface area contributed by atoms with Crippen molar-refractivity contribution in [3.63, 3.8) is 0 Å². The zero-order chi connectivity index (χ0) is 14.0. The van der Waals surface area contributed by atoms with Gasteiger partial charge in [0, 0.05) is 19.0 Å². The molecule has 0 aromatic heterocycles. The molecule has 0 unspecified atom stereocenters. The van der Waals surface area contributed by atoms with Crippen LogP contribution in [0.1, 0.15) is 16.8 Å². The number of methoxy groups -OCH3 is 1. The number of para-hydroxylation sites is 1. The molecule has 2 N–H and O–H groups in total. The normalized spacial score (nSPS) is 14.9. The van der Waals surface area contributed by atoms with Crippen LogP contribution in [0.5, 0.6) is 11.5 Å². The van der Waals surface area contributed by atoms with Gasteiger partial charge in [0.1, 0.15) is 0 Å². The number of amides is 1. The van der Waals surface area contributed by atoms with E-state index in [1.54, 1.807) is 12.1 Å². The summed E-state index contributed by atoms with van der Waals surface area (Å²) in [6, 6.07) is 4.71. The summed E-state index contributed by atoms with van der Waals surface area (Å²) in [5.74, 6) is -1.11. The quantitative estimate of drug-likeness (QED) is 0.846. The molecule has 102 valence electrons. The molecule has 0 atom stereocenters. The summed E-state index contributed by atoms with van der Waals surface area (Å²) in [6.07, 6.45) is 0.0634.